The second kappa shape index (κ2) is 10.8. The normalized spacial score (nSPS) is 10.9. The Hall–Kier alpha value is -2.03. The van der Waals surface area contributed by atoms with Crippen molar-refractivity contribution in [3.63, 3.8) is 0 Å². The number of nitrogens with zero attached hydrogens (tertiary/aromatic N) is 1. The summed E-state index contributed by atoms with van der Waals surface area (Å²) in [5.41, 5.74) is 8.87. The van der Waals surface area contributed by atoms with Crippen LogP contribution in [0.15, 0.2) is 46.0 Å². The molecule has 0 saturated carbocycles. The minimum Gasteiger partial charge on any atom is -0.459 e. The topological polar surface area (TPSA) is 92.6 Å². The molecule has 1 aromatic heterocycles. The van der Waals surface area contributed by atoms with Gasteiger partial charge in [-0.3, -0.25) is 9.79 Å². The third kappa shape index (κ3) is 6.77. The van der Waals surface area contributed by atoms with E-state index in [-0.39, 0.29) is 29.9 Å². The minimum atomic E-state index is -0.205. The molecule has 25 heavy (non-hydrogen) atoms. The van der Waals surface area contributed by atoms with Gasteiger partial charge in [0.2, 0.25) is 0 Å². The quantitative estimate of drug-likeness (QED) is 0.258. The van der Waals surface area contributed by atoms with E-state index >= 15 is 0 Å². The lowest BCUT2D eigenvalue weighted by Gasteiger charge is -2.07. The van der Waals surface area contributed by atoms with Gasteiger partial charge in [0.15, 0.2) is 11.7 Å². The maximum atomic E-state index is 11.8. The number of nitrogens with two attached hydrogens (primary N) is 1. The van der Waals surface area contributed by atoms with Crippen LogP contribution in [0.25, 0.3) is 0 Å². The van der Waals surface area contributed by atoms with Crippen LogP contribution in [0.3, 0.4) is 0 Å². The van der Waals surface area contributed by atoms with Crippen LogP contribution in [0.1, 0.15) is 35.0 Å². The molecule has 6 nitrogen and oxygen atoms in total. The molecule has 0 bridgehead atoms. The fourth-order valence-electron chi connectivity index (χ4n) is 2.22. The molecule has 1 amide bonds. The number of halogens is 1. The van der Waals surface area contributed by atoms with E-state index in [9.17, 15) is 4.79 Å². The van der Waals surface area contributed by atoms with Crippen molar-refractivity contribution in [3.8, 4) is 0 Å². The first-order valence-corrected chi connectivity index (χ1v) is 8.08. The highest BCUT2D eigenvalue weighted by atomic mass is 127. The molecular formula is C18H25IN4O2. The standard InChI is InChI=1S/C18H24N4O2.HI/c1-3-14-6-4-7-15(12-14)22-18(19)21-10-5-9-20-17(23)16-13(2)8-11-24-16;/h4,6-8,11-12H,3,5,9-10H2,1-2H3,(H,20,23)(H3,19,21,22);1H. The van der Waals surface area contributed by atoms with Crippen molar-refractivity contribution < 1.29 is 9.21 Å². The zero-order chi connectivity index (χ0) is 17.4. The number of amides is 1. The summed E-state index contributed by atoms with van der Waals surface area (Å²) in [6.07, 6.45) is 3.18. The molecule has 0 spiro atoms. The number of nitrogens with one attached hydrogen (secondary N) is 2. The average molecular weight is 456 g/mol. The van der Waals surface area contributed by atoms with Gasteiger partial charge in [-0.2, -0.15) is 0 Å². The van der Waals surface area contributed by atoms with Crippen molar-refractivity contribution >= 4 is 41.5 Å². The first-order valence-electron chi connectivity index (χ1n) is 8.08. The molecule has 4 N–H and O–H groups in total. The Labute approximate surface area is 165 Å². The fraction of sp³-hybridized carbons (Fsp3) is 0.333. The van der Waals surface area contributed by atoms with Gasteiger partial charge in [0, 0.05) is 24.3 Å². The van der Waals surface area contributed by atoms with E-state index in [1.807, 2.05) is 25.1 Å². The fourth-order valence-corrected chi connectivity index (χ4v) is 2.22. The van der Waals surface area contributed by atoms with Crippen LogP contribution in [-0.4, -0.2) is 25.0 Å². The van der Waals surface area contributed by atoms with Gasteiger partial charge in [-0.15, -0.1) is 24.0 Å². The van der Waals surface area contributed by atoms with Gasteiger partial charge in [0.05, 0.1) is 6.26 Å². The Morgan fingerprint density at radius 2 is 2.12 bits per heavy atom. The zero-order valence-corrected chi connectivity index (χ0v) is 16.9. The number of carbonyl (C=O) groups excluding carboxylic acids is 1. The molecule has 0 unspecified atom stereocenters. The Kier molecular flexibility index (Phi) is 9.04. The lowest BCUT2D eigenvalue weighted by Crippen LogP contribution is -2.26. The second-order valence-electron chi connectivity index (χ2n) is 5.49. The number of aliphatic imine (C=N–C) groups is 1. The van der Waals surface area contributed by atoms with Crippen molar-refractivity contribution in [2.45, 2.75) is 26.7 Å². The number of furan rings is 1. The Morgan fingerprint density at radius 3 is 2.80 bits per heavy atom. The third-order valence-corrected chi connectivity index (χ3v) is 3.58. The van der Waals surface area contributed by atoms with E-state index in [1.54, 1.807) is 6.07 Å². The molecular weight excluding hydrogens is 431 g/mol. The maximum Gasteiger partial charge on any atom is 0.287 e. The molecule has 0 aliphatic heterocycles. The van der Waals surface area contributed by atoms with Gasteiger partial charge in [0.1, 0.15) is 0 Å². The van der Waals surface area contributed by atoms with Gasteiger partial charge in [0.25, 0.3) is 5.91 Å². The summed E-state index contributed by atoms with van der Waals surface area (Å²) < 4.78 is 5.14. The average Bonchev–Trinajstić information content (AvgIpc) is 3.00. The Balaban J connectivity index is 0.00000312. The number of hydrogen-bond acceptors (Lipinski definition) is 3. The molecule has 0 radical (unpaired) electrons. The summed E-state index contributed by atoms with van der Waals surface area (Å²) in [5, 5.41) is 5.87. The van der Waals surface area contributed by atoms with E-state index in [1.165, 1.54) is 11.8 Å². The van der Waals surface area contributed by atoms with Gasteiger partial charge in [-0.1, -0.05) is 19.1 Å². The highest BCUT2D eigenvalue weighted by molar-refractivity contribution is 14.0. The molecule has 2 rings (SSSR count). The molecule has 0 fully saturated rings. The van der Waals surface area contributed by atoms with Gasteiger partial charge in [-0.05, 0) is 43.5 Å². The largest absolute Gasteiger partial charge is 0.459 e. The molecule has 7 heteroatoms. The summed E-state index contributed by atoms with van der Waals surface area (Å²) >= 11 is 0. The summed E-state index contributed by atoms with van der Waals surface area (Å²) in [6, 6.07) is 9.82. The number of carbonyl (C=O) groups is 1. The predicted octanol–water partition coefficient (Wildman–Crippen LogP) is 3.32. The first kappa shape index (κ1) is 21.0. The number of benzene rings is 1. The van der Waals surface area contributed by atoms with Crippen LogP contribution in [0.2, 0.25) is 0 Å². The molecule has 1 aromatic carbocycles. The van der Waals surface area contributed by atoms with E-state index in [0.717, 1.165) is 17.7 Å². The summed E-state index contributed by atoms with van der Waals surface area (Å²) in [4.78, 5) is 16.1. The smallest absolute Gasteiger partial charge is 0.287 e. The second-order valence-corrected chi connectivity index (χ2v) is 5.49. The maximum absolute atomic E-state index is 11.8. The van der Waals surface area contributed by atoms with E-state index < -0.39 is 0 Å². The van der Waals surface area contributed by atoms with Crippen molar-refractivity contribution in [2.75, 3.05) is 18.4 Å². The van der Waals surface area contributed by atoms with E-state index in [4.69, 9.17) is 10.2 Å². The van der Waals surface area contributed by atoms with E-state index in [2.05, 4.69) is 28.6 Å². The summed E-state index contributed by atoms with van der Waals surface area (Å²) in [7, 11) is 0. The summed E-state index contributed by atoms with van der Waals surface area (Å²) in [5.74, 6) is 0.524. The first-order chi connectivity index (χ1) is 11.6. The number of rotatable bonds is 7. The Morgan fingerprint density at radius 1 is 1.32 bits per heavy atom. The predicted molar refractivity (Wildman–Crippen MR) is 112 cm³/mol. The molecule has 0 saturated heterocycles. The molecule has 2 aromatic rings. The molecule has 0 atom stereocenters. The lowest BCUT2D eigenvalue weighted by molar-refractivity contribution is 0.0925. The van der Waals surface area contributed by atoms with Crippen molar-refractivity contribution in [1.82, 2.24) is 5.32 Å². The minimum absolute atomic E-state index is 0. The number of guanidine groups is 1. The highest BCUT2D eigenvalue weighted by Crippen LogP contribution is 2.10. The Bertz CT molecular complexity index is 713. The number of hydrogen-bond donors (Lipinski definition) is 3. The molecule has 1 heterocycles. The zero-order valence-electron chi connectivity index (χ0n) is 14.5. The number of anilines is 1. The van der Waals surface area contributed by atoms with Crippen LogP contribution < -0.4 is 16.4 Å². The van der Waals surface area contributed by atoms with Crippen LogP contribution in [0, 0.1) is 6.92 Å². The monoisotopic (exact) mass is 456 g/mol. The SMILES string of the molecule is CCc1cccc(NC(N)=NCCCNC(=O)c2occc2C)c1.I. The molecule has 136 valence electrons. The van der Waals surface area contributed by atoms with Crippen LogP contribution in [0.5, 0.6) is 0 Å². The summed E-state index contributed by atoms with van der Waals surface area (Å²) in [6.45, 7) is 4.99. The third-order valence-electron chi connectivity index (χ3n) is 3.58. The van der Waals surface area contributed by atoms with Gasteiger partial charge < -0.3 is 20.8 Å². The molecule has 0 aliphatic carbocycles. The van der Waals surface area contributed by atoms with Crippen LogP contribution in [-0.2, 0) is 6.42 Å². The number of aryl methyl sites for hydroxylation is 2. The van der Waals surface area contributed by atoms with Crippen LogP contribution in [0.4, 0.5) is 5.69 Å². The van der Waals surface area contributed by atoms with Crippen molar-refractivity contribution in [2.24, 2.45) is 10.7 Å². The van der Waals surface area contributed by atoms with Gasteiger partial charge >= 0.3 is 0 Å². The van der Waals surface area contributed by atoms with E-state index in [0.29, 0.717) is 31.2 Å². The van der Waals surface area contributed by atoms with Crippen molar-refractivity contribution in [1.29, 1.82) is 0 Å². The molecule has 0 aliphatic rings. The highest BCUT2D eigenvalue weighted by Gasteiger charge is 2.11. The van der Waals surface area contributed by atoms with Crippen LogP contribution >= 0.6 is 24.0 Å². The van der Waals surface area contributed by atoms with Gasteiger partial charge in [-0.25, -0.2) is 0 Å². The van der Waals surface area contributed by atoms with Crippen molar-refractivity contribution in [3.05, 3.63) is 53.5 Å². The lowest BCUT2D eigenvalue weighted by atomic mass is 10.1.